The van der Waals surface area contributed by atoms with Crippen LogP contribution in [-0.2, 0) is 4.74 Å². The number of hydrogen-bond donors (Lipinski definition) is 1. The zero-order chi connectivity index (χ0) is 14.7. The molecule has 0 aliphatic carbocycles. The molecule has 0 bridgehead atoms. The van der Waals surface area contributed by atoms with Crippen LogP contribution in [0.4, 0.5) is 5.69 Å². The van der Waals surface area contributed by atoms with Gasteiger partial charge in [-0.25, -0.2) is 4.79 Å². The van der Waals surface area contributed by atoms with Gasteiger partial charge in [0.2, 0.25) is 0 Å². The van der Waals surface area contributed by atoms with E-state index >= 15 is 0 Å². The molecule has 2 aromatic rings. The smallest absolute Gasteiger partial charge is 0.338 e. The fourth-order valence-electron chi connectivity index (χ4n) is 1.99. The van der Waals surface area contributed by atoms with Crippen molar-refractivity contribution in [1.29, 1.82) is 0 Å². The Morgan fingerprint density at radius 3 is 2.80 bits per heavy atom. The fourth-order valence-corrected chi connectivity index (χ4v) is 2.97. The highest BCUT2D eigenvalue weighted by Crippen LogP contribution is 2.29. The van der Waals surface area contributed by atoms with Crippen molar-refractivity contribution in [3.05, 3.63) is 50.7 Å². The Balaban J connectivity index is 2.23. The van der Waals surface area contributed by atoms with Gasteiger partial charge in [-0.2, -0.15) is 0 Å². The molecular weight excluding hydrogens is 294 g/mol. The molecule has 1 atom stereocenters. The molecule has 0 radical (unpaired) electrons. The van der Waals surface area contributed by atoms with E-state index in [1.54, 1.807) is 6.07 Å². The molecule has 0 spiro atoms. The lowest BCUT2D eigenvalue weighted by atomic mass is 10.1. The molecule has 5 heteroatoms. The number of carbonyl (C=O) groups is 1. The van der Waals surface area contributed by atoms with Crippen molar-refractivity contribution in [2.45, 2.75) is 19.9 Å². The van der Waals surface area contributed by atoms with Crippen molar-refractivity contribution in [1.82, 2.24) is 0 Å². The van der Waals surface area contributed by atoms with E-state index in [4.69, 9.17) is 16.3 Å². The third kappa shape index (κ3) is 3.14. The van der Waals surface area contributed by atoms with Crippen LogP contribution in [0.15, 0.2) is 29.6 Å². The van der Waals surface area contributed by atoms with Gasteiger partial charge >= 0.3 is 5.97 Å². The summed E-state index contributed by atoms with van der Waals surface area (Å²) in [6.45, 7) is 3.96. The minimum Gasteiger partial charge on any atom is -0.465 e. The van der Waals surface area contributed by atoms with Crippen LogP contribution >= 0.6 is 22.9 Å². The van der Waals surface area contributed by atoms with E-state index in [2.05, 4.69) is 12.2 Å². The molecule has 1 aromatic heterocycles. The molecule has 20 heavy (non-hydrogen) atoms. The maximum atomic E-state index is 11.7. The van der Waals surface area contributed by atoms with E-state index in [0.717, 1.165) is 21.2 Å². The van der Waals surface area contributed by atoms with Gasteiger partial charge in [-0.05, 0) is 48.6 Å². The highest BCUT2D eigenvalue weighted by Gasteiger charge is 2.14. The van der Waals surface area contributed by atoms with Gasteiger partial charge in [0.05, 0.1) is 17.0 Å². The number of ether oxygens (including phenoxy) is 1. The third-order valence-corrected chi connectivity index (χ3v) is 4.31. The summed E-state index contributed by atoms with van der Waals surface area (Å²) in [7, 11) is 1.39. The Labute approximate surface area is 127 Å². The minimum atomic E-state index is -0.322. The summed E-state index contributed by atoms with van der Waals surface area (Å²) in [5, 5.41) is 5.43. The van der Waals surface area contributed by atoms with Crippen molar-refractivity contribution < 1.29 is 9.53 Å². The number of methoxy groups -OCH3 is 1. The molecule has 1 heterocycles. The van der Waals surface area contributed by atoms with Crippen LogP contribution in [0.3, 0.4) is 0 Å². The standard InChI is InChI=1S/C15H16ClNO2S/c1-9-12(15(18)19-3)5-4-6-13(9)17-10(2)11-7-14(16)20-8-11/h4-8,10,17H,1-3H3. The van der Waals surface area contributed by atoms with Gasteiger partial charge in [-0.3, -0.25) is 0 Å². The van der Waals surface area contributed by atoms with Crippen molar-refractivity contribution in [3.8, 4) is 0 Å². The first-order valence-electron chi connectivity index (χ1n) is 6.21. The first kappa shape index (κ1) is 14.9. The predicted molar refractivity (Wildman–Crippen MR) is 83.9 cm³/mol. The van der Waals surface area contributed by atoms with Crippen LogP contribution in [-0.4, -0.2) is 13.1 Å². The van der Waals surface area contributed by atoms with Gasteiger partial charge in [-0.15, -0.1) is 11.3 Å². The number of halogens is 1. The molecule has 1 unspecified atom stereocenters. The Morgan fingerprint density at radius 1 is 1.45 bits per heavy atom. The fraction of sp³-hybridized carbons (Fsp3) is 0.267. The van der Waals surface area contributed by atoms with Crippen molar-refractivity contribution in [3.63, 3.8) is 0 Å². The summed E-state index contributed by atoms with van der Waals surface area (Å²) in [5.41, 5.74) is 3.51. The number of benzene rings is 1. The van der Waals surface area contributed by atoms with Crippen LogP contribution in [0, 0.1) is 6.92 Å². The molecule has 2 rings (SSSR count). The molecule has 0 amide bonds. The zero-order valence-corrected chi connectivity index (χ0v) is 13.1. The SMILES string of the molecule is COC(=O)c1cccc(NC(C)c2csc(Cl)c2)c1C. The first-order chi connectivity index (χ1) is 9.52. The summed E-state index contributed by atoms with van der Waals surface area (Å²) in [4.78, 5) is 11.7. The van der Waals surface area contributed by atoms with Gasteiger partial charge in [0.15, 0.2) is 0 Å². The molecule has 0 saturated carbocycles. The second-order valence-corrected chi connectivity index (χ2v) is 6.06. The number of hydrogen-bond acceptors (Lipinski definition) is 4. The highest BCUT2D eigenvalue weighted by atomic mass is 35.5. The van der Waals surface area contributed by atoms with Gasteiger partial charge in [0.1, 0.15) is 0 Å². The Kier molecular flexibility index (Phi) is 4.68. The first-order valence-corrected chi connectivity index (χ1v) is 7.47. The number of anilines is 1. The van der Waals surface area contributed by atoms with Crippen molar-refractivity contribution in [2.24, 2.45) is 0 Å². The van der Waals surface area contributed by atoms with E-state index in [1.807, 2.05) is 30.5 Å². The van der Waals surface area contributed by atoms with Crippen molar-refractivity contribution >= 4 is 34.6 Å². The third-order valence-electron chi connectivity index (χ3n) is 3.20. The summed E-state index contributed by atoms with van der Waals surface area (Å²) < 4.78 is 5.55. The topological polar surface area (TPSA) is 38.3 Å². The average Bonchev–Trinajstić information content (AvgIpc) is 2.87. The lowest BCUT2D eigenvalue weighted by Crippen LogP contribution is -2.10. The molecule has 0 fully saturated rings. The Morgan fingerprint density at radius 2 is 2.20 bits per heavy atom. The molecular formula is C15H16ClNO2S. The molecule has 106 valence electrons. The van der Waals surface area contributed by atoms with E-state index in [-0.39, 0.29) is 12.0 Å². The number of thiophene rings is 1. The number of carbonyl (C=O) groups excluding carboxylic acids is 1. The number of esters is 1. The van der Waals surface area contributed by atoms with Gasteiger partial charge in [0.25, 0.3) is 0 Å². The summed E-state index contributed by atoms with van der Waals surface area (Å²) in [6.07, 6.45) is 0. The van der Waals surface area contributed by atoms with E-state index in [9.17, 15) is 4.79 Å². The van der Waals surface area contributed by atoms with Crippen LogP contribution in [0.1, 0.15) is 34.5 Å². The van der Waals surface area contributed by atoms with Gasteiger partial charge < -0.3 is 10.1 Å². The van der Waals surface area contributed by atoms with Gasteiger partial charge in [-0.1, -0.05) is 17.7 Å². The second-order valence-electron chi connectivity index (χ2n) is 4.52. The van der Waals surface area contributed by atoms with Crippen LogP contribution in [0.25, 0.3) is 0 Å². The molecule has 0 saturated heterocycles. The Bertz CT molecular complexity index is 624. The number of rotatable bonds is 4. The van der Waals surface area contributed by atoms with Crippen LogP contribution in [0.2, 0.25) is 4.34 Å². The van der Waals surface area contributed by atoms with Gasteiger partial charge in [0, 0.05) is 11.7 Å². The highest BCUT2D eigenvalue weighted by molar-refractivity contribution is 7.14. The maximum absolute atomic E-state index is 11.7. The normalized spacial score (nSPS) is 12.0. The monoisotopic (exact) mass is 309 g/mol. The van der Waals surface area contributed by atoms with E-state index < -0.39 is 0 Å². The van der Waals surface area contributed by atoms with Crippen molar-refractivity contribution in [2.75, 3.05) is 12.4 Å². The average molecular weight is 310 g/mol. The number of nitrogens with one attached hydrogen (secondary N) is 1. The van der Waals surface area contributed by atoms with E-state index in [0.29, 0.717) is 5.56 Å². The molecule has 0 aliphatic heterocycles. The second kappa shape index (κ2) is 6.29. The largest absolute Gasteiger partial charge is 0.465 e. The molecule has 3 nitrogen and oxygen atoms in total. The lowest BCUT2D eigenvalue weighted by Gasteiger charge is -2.17. The predicted octanol–water partition coefficient (Wildman–Crippen LogP) is 4.67. The Hall–Kier alpha value is -1.52. The molecule has 1 N–H and O–H groups in total. The molecule has 1 aromatic carbocycles. The lowest BCUT2D eigenvalue weighted by molar-refractivity contribution is 0.0600. The summed E-state index contributed by atoms with van der Waals surface area (Å²) >= 11 is 7.46. The maximum Gasteiger partial charge on any atom is 0.338 e. The minimum absolute atomic E-state index is 0.116. The van der Waals surface area contributed by atoms with E-state index in [1.165, 1.54) is 18.4 Å². The summed E-state index contributed by atoms with van der Waals surface area (Å²) in [5.74, 6) is -0.322. The van der Waals surface area contributed by atoms with Crippen LogP contribution in [0.5, 0.6) is 0 Å². The molecule has 0 aliphatic rings. The quantitative estimate of drug-likeness (QED) is 0.834. The summed E-state index contributed by atoms with van der Waals surface area (Å²) in [6, 6.07) is 7.62. The zero-order valence-electron chi connectivity index (χ0n) is 11.6. The van der Waals surface area contributed by atoms with Crippen LogP contribution < -0.4 is 5.32 Å².